The average molecular weight is 529 g/mol. The molecule has 13 heteroatoms. The standard InChI is InChI=1S/C24H15F4N5O3S/c25-13-4-2-12(3-5-13)15-10-17(24(26,27)28)31-23-18(15)19(20(37-23)21(29)34)32-22(35)16-7-6-14(36-16)11-33-9-1-8-30-33/h1-10H,11H2,(H2,29,34)(H,32,35). The highest BCUT2D eigenvalue weighted by Gasteiger charge is 2.35. The number of anilines is 1. The molecule has 0 spiro atoms. The van der Waals surface area contributed by atoms with Gasteiger partial charge in [0.05, 0.1) is 12.2 Å². The number of carbonyl (C=O) groups is 2. The van der Waals surface area contributed by atoms with Crippen LogP contribution in [0.2, 0.25) is 0 Å². The first kappa shape index (κ1) is 24.2. The van der Waals surface area contributed by atoms with Gasteiger partial charge in [0.25, 0.3) is 11.8 Å². The smallest absolute Gasteiger partial charge is 0.433 e. The Morgan fingerprint density at radius 1 is 1.14 bits per heavy atom. The molecule has 0 aliphatic heterocycles. The number of primary amides is 1. The molecule has 188 valence electrons. The van der Waals surface area contributed by atoms with Crippen LogP contribution in [0.15, 0.2) is 65.3 Å². The number of amides is 2. The molecule has 0 aliphatic carbocycles. The van der Waals surface area contributed by atoms with Crippen molar-refractivity contribution in [3.05, 3.63) is 88.8 Å². The lowest BCUT2D eigenvalue weighted by molar-refractivity contribution is -0.140. The lowest BCUT2D eigenvalue weighted by Gasteiger charge is -2.12. The molecule has 5 rings (SSSR count). The average Bonchev–Trinajstić information content (AvgIpc) is 3.59. The number of thiophene rings is 1. The Morgan fingerprint density at radius 3 is 2.54 bits per heavy atom. The van der Waals surface area contributed by atoms with Crippen molar-refractivity contribution < 1.29 is 31.6 Å². The van der Waals surface area contributed by atoms with Gasteiger partial charge in [-0.2, -0.15) is 18.3 Å². The lowest BCUT2D eigenvalue weighted by atomic mass is 10.0. The van der Waals surface area contributed by atoms with Crippen molar-refractivity contribution in [2.24, 2.45) is 5.73 Å². The molecule has 4 heterocycles. The number of fused-ring (bicyclic) bond motifs is 1. The fourth-order valence-electron chi connectivity index (χ4n) is 3.71. The van der Waals surface area contributed by atoms with E-state index in [9.17, 15) is 27.2 Å². The molecule has 0 saturated heterocycles. The second-order valence-corrected chi connectivity index (χ2v) is 8.83. The number of hydrogen-bond donors (Lipinski definition) is 2. The zero-order valence-corrected chi connectivity index (χ0v) is 19.4. The third-order valence-electron chi connectivity index (χ3n) is 5.33. The number of hydrogen-bond acceptors (Lipinski definition) is 6. The van der Waals surface area contributed by atoms with E-state index in [2.05, 4.69) is 15.4 Å². The highest BCUT2D eigenvalue weighted by atomic mass is 32.1. The monoisotopic (exact) mass is 529 g/mol. The minimum atomic E-state index is -4.80. The van der Waals surface area contributed by atoms with E-state index in [0.29, 0.717) is 17.1 Å². The second-order valence-electron chi connectivity index (χ2n) is 7.83. The molecule has 3 N–H and O–H groups in total. The maximum atomic E-state index is 13.6. The summed E-state index contributed by atoms with van der Waals surface area (Å²) in [6.45, 7) is 0.257. The molecule has 0 aliphatic rings. The summed E-state index contributed by atoms with van der Waals surface area (Å²) in [6.07, 6.45) is -1.51. The number of aromatic nitrogens is 3. The highest BCUT2D eigenvalue weighted by molar-refractivity contribution is 7.21. The molecule has 8 nitrogen and oxygen atoms in total. The number of alkyl halides is 3. The van der Waals surface area contributed by atoms with Gasteiger partial charge in [-0.3, -0.25) is 14.3 Å². The summed E-state index contributed by atoms with van der Waals surface area (Å²) in [5, 5.41) is 6.65. The Labute approximate surface area is 209 Å². The van der Waals surface area contributed by atoms with E-state index in [1.165, 1.54) is 18.2 Å². The summed E-state index contributed by atoms with van der Waals surface area (Å²) in [5.74, 6) is -2.03. The number of furan rings is 1. The molecule has 1 aromatic carbocycles. The molecule has 0 atom stereocenters. The molecule has 0 fully saturated rings. The molecule has 4 aromatic heterocycles. The molecule has 0 saturated carbocycles. The van der Waals surface area contributed by atoms with Gasteiger partial charge in [0.2, 0.25) is 0 Å². The summed E-state index contributed by atoms with van der Waals surface area (Å²) in [5.41, 5.74) is 4.34. The van der Waals surface area contributed by atoms with Gasteiger partial charge in [-0.25, -0.2) is 9.37 Å². The largest absolute Gasteiger partial charge is 0.454 e. The van der Waals surface area contributed by atoms with E-state index in [-0.39, 0.29) is 44.2 Å². The number of carbonyl (C=O) groups excluding carboxylic acids is 2. The Hall–Kier alpha value is -4.52. The maximum absolute atomic E-state index is 13.6. The van der Waals surface area contributed by atoms with Crippen LogP contribution in [0.25, 0.3) is 21.3 Å². The van der Waals surface area contributed by atoms with Crippen molar-refractivity contribution in [3.8, 4) is 11.1 Å². The van der Waals surface area contributed by atoms with Gasteiger partial charge in [-0.1, -0.05) is 12.1 Å². The predicted octanol–water partition coefficient (Wildman–Crippen LogP) is 5.31. The first-order valence-corrected chi connectivity index (χ1v) is 11.4. The molecule has 2 amide bonds. The zero-order valence-electron chi connectivity index (χ0n) is 18.5. The number of nitrogens with two attached hydrogens (primary N) is 1. The van der Waals surface area contributed by atoms with Crippen LogP contribution in [0, 0.1) is 5.82 Å². The van der Waals surface area contributed by atoms with Gasteiger partial charge in [-0.15, -0.1) is 11.3 Å². The van der Waals surface area contributed by atoms with Crippen LogP contribution in [0.5, 0.6) is 0 Å². The fourth-order valence-corrected chi connectivity index (χ4v) is 4.71. The highest BCUT2D eigenvalue weighted by Crippen LogP contribution is 2.43. The van der Waals surface area contributed by atoms with Gasteiger partial charge >= 0.3 is 6.18 Å². The topological polar surface area (TPSA) is 116 Å². The van der Waals surface area contributed by atoms with E-state index in [0.717, 1.165) is 18.2 Å². The Balaban J connectivity index is 1.61. The molecule has 0 unspecified atom stereocenters. The summed E-state index contributed by atoms with van der Waals surface area (Å²) in [7, 11) is 0. The molecular weight excluding hydrogens is 514 g/mol. The van der Waals surface area contributed by atoms with E-state index in [1.54, 1.807) is 29.2 Å². The number of nitrogens with one attached hydrogen (secondary N) is 1. The fraction of sp³-hybridized carbons (Fsp3) is 0.0833. The first-order chi connectivity index (χ1) is 17.6. The van der Waals surface area contributed by atoms with E-state index < -0.39 is 29.5 Å². The van der Waals surface area contributed by atoms with Crippen LogP contribution in [-0.2, 0) is 12.7 Å². The molecule has 0 bridgehead atoms. The zero-order chi connectivity index (χ0) is 26.3. The molecular formula is C24H15F4N5O3S. The van der Waals surface area contributed by atoms with Crippen molar-refractivity contribution >= 4 is 39.1 Å². The first-order valence-electron chi connectivity index (χ1n) is 10.6. The van der Waals surface area contributed by atoms with Crippen molar-refractivity contribution in [2.75, 3.05) is 5.32 Å². The number of halogens is 4. The maximum Gasteiger partial charge on any atom is 0.433 e. The Morgan fingerprint density at radius 2 is 1.89 bits per heavy atom. The van der Waals surface area contributed by atoms with Crippen LogP contribution < -0.4 is 11.1 Å². The van der Waals surface area contributed by atoms with Gasteiger partial charge in [-0.05, 0) is 47.5 Å². The third kappa shape index (κ3) is 4.80. The van der Waals surface area contributed by atoms with E-state index in [1.807, 2.05) is 0 Å². The van der Waals surface area contributed by atoms with E-state index >= 15 is 0 Å². The van der Waals surface area contributed by atoms with Gasteiger partial charge in [0, 0.05) is 17.8 Å². The van der Waals surface area contributed by atoms with Crippen molar-refractivity contribution in [1.29, 1.82) is 0 Å². The molecule has 0 radical (unpaired) electrons. The van der Waals surface area contributed by atoms with E-state index in [4.69, 9.17) is 10.2 Å². The number of nitrogens with zero attached hydrogens (tertiary/aromatic N) is 3. The number of pyridine rings is 1. The SMILES string of the molecule is NC(=O)c1sc2nc(C(F)(F)F)cc(-c3ccc(F)cc3)c2c1NC(=O)c1ccc(Cn2cccn2)o1. The number of rotatable bonds is 6. The summed E-state index contributed by atoms with van der Waals surface area (Å²) in [6, 6.07) is 10.2. The summed E-state index contributed by atoms with van der Waals surface area (Å²) < 4.78 is 61.5. The van der Waals surface area contributed by atoms with Crippen LogP contribution in [-0.4, -0.2) is 26.6 Å². The second kappa shape index (κ2) is 9.17. The van der Waals surface area contributed by atoms with Crippen LogP contribution in [0.1, 0.15) is 31.7 Å². The summed E-state index contributed by atoms with van der Waals surface area (Å²) in [4.78, 5) is 28.5. The van der Waals surface area contributed by atoms with Gasteiger partial charge < -0.3 is 15.5 Å². The Bertz CT molecular complexity index is 1620. The molecule has 5 aromatic rings. The van der Waals surface area contributed by atoms with Crippen molar-refractivity contribution in [3.63, 3.8) is 0 Å². The van der Waals surface area contributed by atoms with Gasteiger partial charge in [0.15, 0.2) is 5.76 Å². The quantitative estimate of drug-likeness (QED) is 0.289. The third-order valence-corrected chi connectivity index (χ3v) is 6.43. The van der Waals surface area contributed by atoms with Gasteiger partial charge in [0.1, 0.15) is 27.0 Å². The number of benzene rings is 1. The minimum Gasteiger partial charge on any atom is -0.454 e. The summed E-state index contributed by atoms with van der Waals surface area (Å²) >= 11 is 0.603. The normalized spacial score (nSPS) is 11.7. The van der Waals surface area contributed by atoms with Crippen LogP contribution in [0.3, 0.4) is 0 Å². The minimum absolute atomic E-state index is 0.0183. The van der Waals surface area contributed by atoms with Crippen molar-refractivity contribution in [1.82, 2.24) is 14.8 Å². The van der Waals surface area contributed by atoms with Crippen molar-refractivity contribution in [2.45, 2.75) is 12.7 Å². The lowest BCUT2D eigenvalue weighted by Crippen LogP contribution is -2.16. The molecule has 37 heavy (non-hydrogen) atoms. The predicted molar refractivity (Wildman–Crippen MR) is 127 cm³/mol. The van der Waals surface area contributed by atoms with Crippen LogP contribution >= 0.6 is 11.3 Å². The Kier molecular flexibility index (Phi) is 5.99. The van der Waals surface area contributed by atoms with Crippen LogP contribution in [0.4, 0.5) is 23.2 Å².